The lowest BCUT2D eigenvalue weighted by molar-refractivity contribution is 0.380. The van der Waals surface area contributed by atoms with Crippen molar-refractivity contribution in [2.45, 2.75) is 116 Å². The molecular weight excluding hydrogens is 272 g/mol. The van der Waals surface area contributed by atoms with Crippen molar-refractivity contribution in [1.29, 1.82) is 0 Å². The average molecular weight is 315 g/mol. The molecule has 0 saturated carbocycles. The zero-order valence-corrected chi connectivity index (χ0v) is 16.5. The molecule has 0 aromatic heterocycles. The molecule has 1 nitrogen and oxygen atoms in total. The van der Waals surface area contributed by atoms with E-state index in [1.165, 1.54) is 95.2 Å². The van der Waals surface area contributed by atoms with Gasteiger partial charge in [-0.2, -0.15) is 0 Å². The van der Waals surface area contributed by atoms with E-state index in [1.54, 1.807) is 0 Å². The maximum absolute atomic E-state index is 6.22. The Labute approximate surface area is 136 Å². The third-order valence-electron chi connectivity index (χ3n) is 4.89. The van der Waals surface area contributed by atoms with Crippen molar-refractivity contribution >= 4 is 8.32 Å². The van der Waals surface area contributed by atoms with Crippen molar-refractivity contribution in [3.05, 3.63) is 0 Å². The first kappa shape index (κ1) is 21.2. The van der Waals surface area contributed by atoms with Crippen molar-refractivity contribution in [2.75, 3.05) is 7.11 Å². The Balaban J connectivity index is 4.22. The molecule has 0 N–H and O–H groups in total. The van der Waals surface area contributed by atoms with Gasteiger partial charge in [-0.1, -0.05) is 97.8 Å². The normalized spacial score (nSPS) is 12.0. The van der Waals surface area contributed by atoms with Crippen LogP contribution in [0.25, 0.3) is 0 Å². The standard InChI is InChI=1S/C19H42OSi/c1-5-8-11-14-17-21(20-4,18-15-12-9-6-2)19-16-13-10-7-3/h5-19H2,1-4H3. The highest BCUT2D eigenvalue weighted by atomic mass is 28.4. The average Bonchev–Trinajstić information content (AvgIpc) is 2.51. The maximum atomic E-state index is 6.22. The Morgan fingerprint density at radius 3 is 1.10 bits per heavy atom. The minimum Gasteiger partial charge on any atom is -0.420 e. The third kappa shape index (κ3) is 11.4. The van der Waals surface area contributed by atoms with E-state index in [2.05, 4.69) is 20.8 Å². The molecule has 0 rings (SSSR count). The van der Waals surface area contributed by atoms with Crippen LogP contribution in [0, 0.1) is 0 Å². The number of unbranched alkanes of at least 4 members (excludes halogenated alkanes) is 9. The number of hydrogen-bond acceptors (Lipinski definition) is 1. The van der Waals surface area contributed by atoms with Gasteiger partial charge in [0.15, 0.2) is 8.32 Å². The Hall–Kier alpha value is 0.177. The molecule has 0 aromatic rings. The van der Waals surface area contributed by atoms with Crippen LogP contribution in [0.1, 0.15) is 97.8 Å². The van der Waals surface area contributed by atoms with Gasteiger partial charge in [-0.15, -0.1) is 0 Å². The largest absolute Gasteiger partial charge is 0.420 e. The molecule has 0 aliphatic carbocycles. The highest BCUT2D eigenvalue weighted by molar-refractivity contribution is 6.73. The third-order valence-corrected chi connectivity index (χ3v) is 9.55. The van der Waals surface area contributed by atoms with Gasteiger partial charge < -0.3 is 4.43 Å². The Bertz CT molecular complexity index is 174. The van der Waals surface area contributed by atoms with Crippen molar-refractivity contribution in [3.63, 3.8) is 0 Å². The minimum atomic E-state index is -1.42. The number of hydrogen-bond donors (Lipinski definition) is 0. The van der Waals surface area contributed by atoms with E-state index in [0.717, 1.165) is 0 Å². The fourth-order valence-corrected chi connectivity index (χ4v) is 7.35. The van der Waals surface area contributed by atoms with Gasteiger partial charge >= 0.3 is 0 Å². The van der Waals surface area contributed by atoms with Crippen LogP contribution in [0.3, 0.4) is 0 Å². The number of rotatable bonds is 16. The van der Waals surface area contributed by atoms with Gasteiger partial charge in [0, 0.05) is 7.11 Å². The van der Waals surface area contributed by atoms with Crippen LogP contribution >= 0.6 is 0 Å². The van der Waals surface area contributed by atoms with E-state index in [4.69, 9.17) is 4.43 Å². The van der Waals surface area contributed by atoms with E-state index >= 15 is 0 Å². The zero-order chi connectivity index (χ0) is 15.8. The van der Waals surface area contributed by atoms with Crippen molar-refractivity contribution < 1.29 is 4.43 Å². The van der Waals surface area contributed by atoms with E-state index in [0.29, 0.717) is 0 Å². The first-order valence-corrected chi connectivity index (χ1v) is 12.3. The molecule has 0 bridgehead atoms. The van der Waals surface area contributed by atoms with Crippen molar-refractivity contribution in [1.82, 2.24) is 0 Å². The molecule has 21 heavy (non-hydrogen) atoms. The second kappa shape index (κ2) is 15.1. The summed E-state index contributed by atoms with van der Waals surface area (Å²) >= 11 is 0. The van der Waals surface area contributed by atoms with Crippen LogP contribution in [0.15, 0.2) is 0 Å². The molecule has 0 atom stereocenters. The van der Waals surface area contributed by atoms with Crippen LogP contribution in [0.4, 0.5) is 0 Å². The predicted molar refractivity (Wildman–Crippen MR) is 99.6 cm³/mol. The molecule has 0 amide bonds. The van der Waals surface area contributed by atoms with Gasteiger partial charge in [0.05, 0.1) is 0 Å². The lowest BCUT2D eigenvalue weighted by Gasteiger charge is -2.30. The predicted octanol–water partition coefficient (Wildman–Crippen LogP) is 7.32. The molecular formula is C19H42OSi. The van der Waals surface area contributed by atoms with Crippen LogP contribution in [0.5, 0.6) is 0 Å². The van der Waals surface area contributed by atoms with E-state index in [9.17, 15) is 0 Å². The smallest absolute Gasteiger partial charge is 0.192 e. The van der Waals surface area contributed by atoms with Crippen LogP contribution in [-0.2, 0) is 4.43 Å². The van der Waals surface area contributed by atoms with Crippen LogP contribution in [0.2, 0.25) is 18.1 Å². The summed E-state index contributed by atoms with van der Waals surface area (Å²) in [4.78, 5) is 0. The summed E-state index contributed by atoms with van der Waals surface area (Å²) in [6, 6.07) is 4.26. The van der Waals surface area contributed by atoms with E-state index < -0.39 is 8.32 Å². The molecule has 0 saturated heterocycles. The van der Waals surface area contributed by atoms with Crippen molar-refractivity contribution in [3.8, 4) is 0 Å². The fraction of sp³-hybridized carbons (Fsp3) is 1.00. The SMILES string of the molecule is CCCCCC[Si](CCCCCC)(CCCCCC)OC. The van der Waals surface area contributed by atoms with Crippen LogP contribution < -0.4 is 0 Å². The van der Waals surface area contributed by atoms with Gasteiger partial charge in [-0.25, -0.2) is 0 Å². The van der Waals surface area contributed by atoms with Crippen LogP contribution in [-0.4, -0.2) is 15.4 Å². The first-order valence-electron chi connectivity index (χ1n) is 9.79. The summed E-state index contributed by atoms with van der Waals surface area (Å²) < 4.78 is 6.22. The highest BCUT2D eigenvalue weighted by Gasteiger charge is 2.31. The first-order chi connectivity index (χ1) is 10.2. The minimum absolute atomic E-state index is 1.34. The summed E-state index contributed by atoms with van der Waals surface area (Å²) in [6.07, 6.45) is 16.7. The summed E-state index contributed by atoms with van der Waals surface area (Å²) in [5, 5.41) is 0. The molecule has 128 valence electrons. The second-order valence-corrected chi connectivity index (χ2v) is 11.1. The maximum Gasteiger partial charge on any atom is 0.192 e. The van der Waals surface area contributed by atoms with Gasteiger partial charge in [0.1, 0.15) is 0 Å². The molecule has 0 aliphatic heterocycles. The molecule has 0 radical (unpaired) electrons. The Kier molecular flexibility index (Phi) is 15.2. The molecule has 0 heterocycles. The lowest BCUT2D eigenvalue weighted by Crippen LogP contribution is -2.36. The summed E-state index contributed by atoms with van der Waals surface area (Å²) in [5.74, 6) is 0. The van der Waals surface area contributed by atoms with E-state index in [1.807, 2.05) is 7.11 Å². The summed E-state index contributed by atoms with van der Waals surface area (Å²) in [6.45, 7) is 6.91. The second-order valence-electron chi connectivity index (χ2n) is 6.82. The molecule has 0 aliphatic rings. The quantitative estimate of drug-likeness (QED) is 0.214. The summed E-state index contributed by atoms with van der Waals surface area (Å²) in [5.41, 5.74) is 0. The molecule has 0 aromatic carbocycles. The van der Waals surface area contributed by atoms with Gasteiger partial charge in [-0.3, -0.25) is 0 Å². The van der Waals surface area contributed by atoms with Gasteiger partial charge in [0.25, 0.3) is 0 Å². The van der Waals surface area contributed by atoms with E-state index in [-0.39, 0.29) is 0 Å². The molecule has 2 heteroatoms. The molecule has 0 spiro atoms. The van der Waals surface area contributed by atoms with Gasteiger partial charge in [-0.05, 0) is 18.1 Å². The Morgan fingerprint density at radius 2 is 0.857 bits per heavy atom. The monoisotopic (exact) mass is 314 g/mol. The van der Waals surface area contributed by atoms with Gasteiger partial charge in [0.2, 0.25) is 0 Å². The summed E-state index contributed by atoms with van der Waals surface area (Å²) in [7, 11) is 0.600. The highest BCUT2D eigenvalue weighted by Crippen LogP contribution is 2.30. The Morgan fingerprint density at radius 1 is 0.524 bits per heavy atom. The lowest BCUT2D eigenvalue weighted by atomic mass is 10.2. The topological polar surface area (TPSA) is 9.23 Å². The molecule has 0 fully saturated rings. The molecule has 0 unspecified atom stereocenters. The zero-order valence-electron chi connectivity index (χ0n) is 15.5. The van der Waals surface area contributed by atoms with Crippen molar-refractivity contribution in [2.24, 2.45) is 0 Å². The fourth-order valence-electron chi connectivity index (χ4n) is 3.30.